The Hall–Kier alpha value is -2.99. The van der Waals surface area contributed by atoms with Crippen molar-refractivity contribution in [3.8, 4) is 34.4 Å². The van der Waals surface area contributed by atoms with Gasteiger partial charge in [0.1, 0.15) is 0 Å². The van der Waals surface area contributed by atoms with E-state index in [4.69, 9.17) is 23.7 Å². The van der Waals surface area contributed by atoms with Crippen LogP contribution in [0.15, 0.2) is 42.5 Å². The number of fused-ring (bicyclic) bond motifs is 3. The van der Waals surface area contributed by atoms with Crippen LogP contribution in [0, 0.1) is 0 Å². The zero-order chi connectivity index (χ0) is 19.0. The second-order valence-electron chi connectivity index (χ2n) is 6.21. The minimum absolute atomic E-state index is 0.210. The number of hydrogen-bond donors (Lipinski definition) is 0. The first-order valence-electron chi connectivity index (χ1n) is 8.65. The fourth-order valence-electron chi connectivity index (χ4n) is 3.56. The Labute approximate surface area is 157 Å². The summed E-state index contributed by atoms with van der Waals surface area (Å²) in [7, 11) is 6.50. The fourth-order valence-corrected chi connectivity index (χ4v) is 3.56. The van der Waals surface area contributed by atoms with Crippen molar-refractivity contribution >= 4 is 10.8 Å². The summed E-state index contributed by atoms with van der Waals surface area (Å²) < 4.78 is 30.2. The summed E-state index contributed by atoms with van der Waals surface area (Å²) >= 11 is 0. The van der Waals surface area contributed by atoms with Gasteiger partial charge in [0.25, 0.3) is 0 Å². The summed E-state index contributed by atoms with van der Waals surface area (Å²) in [6.07, 6.45) is -0.210. The molecule has 2 heterocycles. The van der Waals surface area contributed by atoms with E-state index in [1.54, 1.807) is 28.4 Å². The summed E-state index contributed by atoms with van der Waals surface area (Å²) in [4.78, 5) is 0. The number of nitrogens with zero attached hydrogens (tertiary/aromatic N) is 1. The molecule has 0 saturated carbocycles. The molecule has 27 heavy (non-hydrogen) atoms. The molecule has 2 aromatic carbocycles. The van der Waals surface area contributed by atoms with Crippen LogP contribution in [-0.4, -0.2) is 35.0 Å². The van der Waals surface area contributed by atoms with Crippen molar-refractivity contribution in [3.63, 3.8) is 0 Å². The fraction of sp³-hybridized carbons (Fsp3) is 0.286. The van der Waals surface area contributed by atoms with Crippen molar-refractivity contribution < 1.29 is 28.3 Å². The Balaban J connectivity index is 2.02. The van der Waals surface area contributed by atoms with Gasteiger partial charge in [-0.3, -0.25) is 0 Å². The van der Waals surface area contributed by atoms with Crippen LogP contribution in [0.1, 0.15) is 6.23 Å². The predicted octanol–water partition coefficient (Wildman–Crippen LogP) is 3.36. The highest BCUT2D eigenvalue weighted by Crippen LogP contribution is 2.42. The second-order valence-corrected chi connectivity index (χ2v) is 6.21. The van der Waals surface area contributed by atoms with Gasteiger partial charge in [-0.2, -0.15) is 0 Å². The molecule has 0 amide bonds. The van der Waals surface area contributed by atoms with Crippen LogP contribution < -0.4 is 23.5 Å². The number of methoxy groups -OCH3 is 4. The lowest BCUT2D eigenvalue weighted by molar-refractivity contribution is -0.731. The highest BCUT2D eigenvalue weighted by Gasteiger charge is 2.38. The molecule has 0 aliphatic carbocycles. The molecular weight excluding hydrogens is 346 g/mol. The highest BCUT2D eigenvalue weighted by atomic mass is 16.6. The zero-order valence-corrected chi connectivity index (χ0v) is 15.8. The van der Waals surface area contributed by atoms with Gasteiger partial charge >= 0.3 is 12.1 Å². The second kappa shape index (κ2) is 6.96. The monoisotopic (exact) mass is 368 g/mol. The third kappa shape index (κ3) is 2.73. The van der Waals surface area contributed by atoms with Crippen molar-refractivity contribution in [2.75, 3.05) is 35.0 Å². The van der Waals surface area contributed by atoms with Crippen LogP contribution in [0.4, 0.5) is 0 Å². The molecule has 0 radical (unpaired) electrons. The maximum Gasteiger partial charge on any atom is 0.379 e. The van der Waals surface area contributed by atoms with Gasteiger partial charge < -0.3 is 23.7 Å². The molecule has 0 saturated heterocycles. The molecule has 1 unspecified atom stereocenters. The number of pyridine rings is 1. The lowest BCUT2D eigenvalue weighted by atomic mass is 10.0. The van der Waals surface area contributed by atoms with E-state index in [1.807, 2.05) is 24.3 Å². The van der Waals surface area contributed by atoms with Crippen molar-refractivity contribution in [2.45, 2.75) is 6.23 Å². The van der Waals surface area contributed by atoms with E-state index in [-0.39, 0.29) is 6.23 Å². The molecule has 1 aliphatic heterocycles. The summed E-state index contributed by atoms with van der Waals surface area (Å²) in [5, 5.41) is 2.14. The van der Waals surface area contributed by atoms with E-state index in [1.165, 1.54) is 0 Å². The largest absolute Gasteiger partial charge is 0.493 e. The minimum atomic E-state index is -0.210. The van der Waals surface area contributed by atoms with Crippen LogP contribution in [-0.2, 0) is 4.74 Å². The molecule has 3 aromatic rings. The van der Waals surface area contributed by atoms with Gasteiger partial charge in [0.2, 0.25) is 11.4 Å². The van der Waals surface area contributed by atoms with Gasteiger partial charge in [0, 0.05) is 13.2 Å². The maximum atomic E-state index is 5.99. The summed E-state index contributed by atoms with van der Waals surface area (Å²) in [6.45, 7) is 0.460. The van der Waals surface area contributed by atoms with Crippen molar-refractivity contribution in [1.82, 2.24) is 0 Å². The molecule has 0 fully saturated rings. The summed E-state index contributed by atoms with van der Waals surface area (Å²) in [5.41, 5.74) is 1.87. The van der Waals surface area contributed by atoms with Gasteiger partial charge in [0.05, 0.1) is 32.3 Å². The Morgan fingerprint density at radius 1 is 0.926 bits per heavy atom. The first kappa shape index (κ1) is 17.4. The average molecular weight is 368 g/mol. The number of rotatable bonds is 5. The van der Waals surface area contributed by atoms with E-state index in [2.05, 4.69) is 22.8 Å². The third-order valence-electron chi connectivity index (χ3n) is 4.84. The molecule has 6 nitrogen and oxygen atoms in total. The van der Waals surface area contributed by atoms with E-state index in [0.29, 0.717) is 23.9 Å². The van der Waals surface area contributed by atoms with Crippen molar-refractivity contribution in [3.05, 3.63) is 42.5 Å². The standard InChI is InChI=1S/C21H22NO5/c1-23-17-10-14(11-18(24-2)20(17)26-4)16-9-13-7-5-6-8-15(13)21-22(16)19(25-3)12-27-21/h5-11,19H,12H2,1-4H3/q+1. The topological polar surface area (TPSA) is 50.0 Å². The minimum Gasteiger partial charge on any atom is -0.493 e. The normalized spacial score (nSPS) is 15.3. The number of aromatic nitrogens is 1. The molecule has 0 N–H and O–H groups in total. The highest BCUT2D eigenvalue weighted by molar-refractivity contribution is 5.88. The first-order valence-corrected chi connectivity index (χ1v) is 8.65. The molecule has 1 atom stereocenters. The Bertz CT molecular complexity index is 976. The number of benzene rings is 2. The molecule has 1 aromatic heterocycles. The molecule has 140 valence electrons. The van der Waals surface area contributed by atoms with Gasteiger partial charge in [-0.1, -0.05) is 18.2 Å². The SMILES string of the molecule is COc1cc(-c2cc3ccccc3c3[n+]2C(OC)CO3)cc(OC)c1OC. The zero-order valence-electron chi connectivity index (χ0n) is 15.8. The van der Waals surface area contributed by atoms with Gasteiger partial charge in [-0.05, 0) is 23.6 Å². The lowest BCUT2D eigenvalue weighted by Crippen LogP contribution is -2.39. The van der Waals surface area contributed by atoms with Gasteiger partial charge in [-0.25, -0.2) is 0 Å². The first-order chi connectivity index (χ1) is 13.2. The summed E-state index contributed by atoms with van der Waals surface area (Å²) in [5.74, 6) is 2.55. The Morgan fingerprint density at radius 3 is 2.26 bits per heavy atom. The molecule has 6 heteroatoms. The van der Waals surface area contributed by atoms with E-state index >= 15 is 0 Å². The van der Waals surface area contributed by atoms with Crippen molar-refractivity contribution in [2.24, 2.45) is 0 Å². The van der Waals surface area contributed by atoms with Crippen LogP contribution in [0.25, 0.3) is 22.0 Å². The third-order valence-corrected chi connectivity index (χ3v) is 4.84. The quantitative estimate of drug-likeness (QED) is 0.647. The van der Waals surface area contributed by atoms with E-state index in [9.17, 15) is 0 Å². The Morgan fingerprint density at radius 2 is 1.63 bits per heavy atom. The van der Waals surface area contributed by atoms with Crippen LogP contribution in [0.3, 0.4) is 0 Å². The van der Waals surface area contributed by atoms with Crippen LogP contribution in [0.5, 0.6) is 23.1 Å². The van der Waals surface area contributed by atoms with Crippen LogP contribution in [0.2, 0.25) is 0 Å². The van der Waals surface area contributed by atoms with Crippen LogP contribution >= 0.6 is 0 Å². The number of ether oxygens (including phenoxy) is 5. The number of hydrogen-bond acceptors (Lipinski definition) is 5. The maximum absolute atomic E-state index is 5.99. The molecule has 4 rings (SSSR count). The smallest absolute Gasteiger partial charge is 0.379 e. The average Bonchev–Trinajstić information content (AvgIpc) is 3.16. The Kier molecular flexibility index (Phi) is 4.49. The molecular formula is C21H22NO5+. The van der Waals surface area contributed by atoms with E-state index in [0.717, 1.165) is 27.9 Å². The van der Waals surface area contributed by atoms with Gasteiger partial charge in [-0.15, -0.1) is 4.57 Å². The van der Waals surface area contributed by atoms with Gasteiger partial charge in [0.15, 0.2) is 18.1 Å². The summed E-state index contributed by atoms with van der Waals surface area (Å²) in [6, 6.07) is 14.1. The predicted molar refractivity (Wildman–Crippen MR) is 101 cm³/mol. The molecule has 0 bridgehead atoms. The van der Waals surface area contributed by atoms with Crippen molar-refractivity contribution in [1.29, 1.82) is 0 Å². The lowest BCUT2D eigenvalue weighted by Gasteiger charge is -2.14. The van der Waals surface area contributed by atoms with E-state index < -0.39 is 0 Å². The molecule has 0 spiro atoms. The molecule has 1 aliphatic rings.